The molecule has 0 spiro atoms. The van der Waals surface area contributed by atoms with E-state index in [0.717, 1.165) is 154 Å². The van der Waals surface area contributed by atoms with Gasteiger partial charge in [-0.15, -0.1) is 0 Å². The van der Waals surface area contributed by atoms with Gasteiger partial charge >= 0.3 is 0 Å². The third-order valence-electron chi connectivity index (χ3n) is 22.0. The molecule has 0 N–H and O–H groups in total. The highest BCUT2D eigenvalue weighted by Gasteiger charge is 2.73. The topological polar surface area (TPSA) is 94.5 Å². The monoisotopic (exact) mass is 1310 g/mol. The Kier molecular flexibility index (Phi) is 12.4. The van der Waals surface area contributed by atoms with Crippen LogP contribution in [0.25, 0.3) is 154 Å². The number of fused-ring (bicyclic) bond motifs is 16. The SMILES string of the molecule is O=C1C2C(C(=O)N1c1cc(-c3ccc4c(c3)c3ccccc3n4-c3ccccc3)cc(-c3ccc4c5ccccc5n(-c5ccccc5)c4c3)c1)C1C(=O)N(c3cc(-c4ccc5c6ccccc6n(-c6ccccc6)c5c4)cc(-c4ccc5c6ccccc6n(-c6ccccc6)c5c4)c3)C(=O)C21. The average Bonchev–Trinajstić information content (AvgIpc) is 1.52. The van der Waals surface area contributed by atoms with E-state index < -0.39 is 47.3 Å². The summed E-state index contributed by atoms with van der Waals surface area (Å²) in [5.74, 6) is -6.17. The number of aromatic nitrogens is 4. The summed E-state index contributed by atoms with van der Waals surface area (Å²) in [6.07, 6.45) is 0. The summed E-state index contributed by atoms with van der Waals surface area (Å²) in [6, 6.07) is 113. The van der Waals surface area contributed by atoms with Crippen LogP contribution in [0.1, 0.15) is 0 Å². The van der Waals surface area contributed by atoms with E-state index >= 15 is 19.2 Å². The van der Waals surface area contributed by atoms with E-state index in [4.69, 9.17) is 0 Å². The van der Waals surface area contributed by atoms with E-state index in [9.17, 15) is 0 Å². The molecular weight excluding hydrogens is 1250 g/mol. The molecular formula is C92H58N6O4. The largest absolute Gasteiger partial charge is 0.309 e. The van der Waals surface area contributed by atoms with Crippen LogP contribution in [0.15, 0.2) is 328 Å². The number of anilines is 2. The highest BCUT2D eigenvalue weighted by molar-refractivity contribution is 6.33. The van der Waals surface area contributed by atoms with E-state index in [2.05, 4.69) is 249 Å². The number of amides is 4. The van der Waals surface area contributed by atoms with Crippen LogP contribution >= 0.6 is 0 Å². The van der Waals surface area contributed by atoms with Gasteiger partial charge in [0, 0.05) is 65.8 Å². The number of benzene rings is 14. The maximum Gasteiger partial charge on any atom is 0.238 e. The van der Waals surface area contributed by atoms with Crippen LogP contribution in [0.5, 0.6) is 0 Å². The molecule has 480 valence electrons. The van der Waals surface area contributed by atoms with Crippen LogP contribution in [0.4, 0.5) is 11.4 Å². The van der Waals surface area contributed by atoms with Crippen molar-refractivity contribution in [1.82, 2.24) is 18.3 Å². The van der Waals surface area contributed by atoms with Gasteiger partial charge < -0.3 is 18.3 Å². The molecule has 10 nitrogen and oxygen atoms in total. The summed E-state index contributed by atoms with van der Waals surface area (Å²) in [4.78, 5) is 65.5. The van der Waals surface area contributed by atoms with E-state index in [-0.39, 0.29) is 0 Å². The Morgan fingerprint density at radius 2 is 0.402 bits per heavy atom. The maximum atomic E-state index is 15.7. The van der Waals surface area contributed by atoms with Crippen LogP contribution in [0.2, 0.25) is 0 Å². The smallest absolute Gasteiger partial charge is 0.238 e. The molecule has 1 aliphatic carbocycles. The predicted molar refractivity (Wildman–Crippen MR) is 411 cm³/mol. The van der Waals surface area contributed by atoms with E-state index in [0.29, 0.717) is 11.4 Å². The first-order valence-electron chi connectivity index (χ1n) is 34.7. The Morgan fingerprint density at radius 3 is 0.716 bits per heavy atom. The fraction of sp³-hybridized carbons (Fsp3) is 0.0435. The second-order valence-electron chi connectivity index (χ2n) is 27.3. The van der Waals surface area contributed by atoms with Crippen molar-refractivity contribution < 1.29 is 19.2 Å². The first kappa shape index (κ1) is 57.6. The molecule has 6 heterocycles. The first-order chi connectivity index (χ1) is 50.3. The Balaban J connectivity index is 0.695. The minimum absolute atomic E-state index is 0.374. The number of para-hydroxylation sites is 8. The molecule has 21 rings (SSSR count). The molecule has 0 bridgehead atoms. The zero-order chi connectivity index (χ0) is 67.6. The fourth-order valence-electron chi connectivity index (χ4n) is 17.5. The van der Waals surface area contributed by atoms with Crippen LogP contribution < -0.4 is 9.80 Å². The normalized spacial score (nSPS) is 16.7. The van der Waals surface area contributed by atoms with Gasteiger partial charge in [-0.1, -0.05) is 188 Å². The van der Waals surface area contributed by atoms with Gasteiger partial charge in [-0.3, -0.25) is 19.2 Å². The molecule has 0 radical (unpaired) electrons. The van der Waals surface area contributed by atoms with Gasteiger partial charge in [-0.2, -0.15) is 0 Å². The van der Waals surface area contributed by atoms with E-state index in [1.54, 1.807) is 0 Å². The molecule has 3 aliphatic rings. The van der Waals surface area contributed by atoms with Gasteiger partial charge in [0.2, 0.25) is 23.6 Å². The van der Waals surface area contributed by atoms with Crippen LogP contribution in [-0.4, -0.2) is 41.9 Å². The van der Waals surface area contributed by atoms with Crippen molar-refractivity contribution >= 4 is 122 Å². The molecule has 14 aromatic carbocycles. The number of hydrogen-bond acceptors (Lipinski definition) is 4. The van der Waals surface area contributed by atoms with Gasteiger partial charge in [0.15, 0.2) is 0 Å². The summed E-state index contributed by atoms with van der Waals surface area (Å²) in [5, 5.41) is 8.75. The highest BCUT2D eigenvalue weighted by atomic mass is 16.2. The van der Waals surface area contributed by atoms with Crippen molar-refractivity contribution in [2.24, 2.45) is 23.7 Å². The Bertz CT molecular complexity index is 6430. The summed E-state index contributed by atoms with van der Waals surface area (Å²) >= 11 is 0. The van der Waals surface area contributed by atoms with Gasteiger partial charge in [0.25, 0.3) is 0 Å². The minimum Gasteiger partial charge on any atom is -0.309 e. The van der Waals surface area contributed by atoms with Crippen molar-refractivity contribution in [2.45, 2.75) is 0 Å². The number of carbonyl (C=O) groups is 4. The molecule has 4 unspecified atom stereocenters. The lowest BCUT2D eigenvalue weighted by atomic mass is 9.59. The average molecular weight is 1310 g/mol. The van der Waals surface area contributed by atoms with Crippen molar-refractivity contribution in [3.8, 4) is 67.3 Å². The van der Waals surface area contributed by atoms with E-state index in [1.807, 2.05) is 97.1 Å². The van der Waals surface area contributed by atoms with Crippen LogP contribution in [-0.2, 0) is 19.2 Å². The number of nitrogens with zero attached hydrogens (tertiary/aromatic N) is 6. The number of hydrogen-bond donors (Lipinski definition) is 0. The predicted octanol–water partition coefficient (Wildman–Crippen LogP) is 20.7. The maximum absolute atomic E-state index is 15.7. The Hall–Kier alpha value is -13.4. The summed E-state index contributed by atoms with van der Waals surface area (Å²) in [7, 11) is 0. The summed E-state index contributed by atoms with van der Waals surface area (Å²) in [6.45, 7) is 0. The molecule has 102 heavy (non-hydrogen) atoms. The Labute approximate surface area is 584 Å². The third kappa shape index (κ3) is 8.41. The first-order valence-corrected chi connectivity index (χ1v) is 34.7. The summed E-state index contributed by atoms with van der Waals surface area (Å²) < 4.78 is 9.13. The molecule has 1 saturated carbocycles. The standard InChI is InChI=1S/C92H58N6O4/c99-89-85-86(90(100)97(89)67-47-59(55-40-44-81-76(51-55)72-32-16-20-36-80(72)93(81)63-21-5-1-6-22-63)45-60(48-67)56-37-41-73-69-29-13-17-33-77(69)94(82(73)52-56)64-23-7-2-8-24-64)88-87(85)91(101)98(92(88)102)68-49-61(57-38-42-74-70-30-14-18-34-78(70)95(83(74)53-57)65-25-9-3-10-26-65)46-62(50-68)58-39-43-75-71-31-15-19-35-79(71)96(84(75)54-58)66-27-11-4-12-28-66/h1-54,85-88H. The molecule has 18 aromatic rings. The molecule has 2 saturated heterocycles. The van der Waals surface area contributed by atoms with Gasteiger partial charge in [0.05, 0.1) is 79.2 Å². The Morgan fingerprint density at radius 1 is 0.167 bits per heavy atom. The lowest BCUT2D eigenvalue weighted by Gasteiger charge is -2.36. The zero-order valence-electron chi connectivity index (χ0n) is 54.8. The number of carbonyl (C=O) groups excluding carboxylic acids is 4. The molecule has 4 amide bonds. The zero-order valence-corrected chi connectivity index (χ0v) is 54.8. The minimum atomic E-state index is -1.05. The molecule has 4 aromatic heterocycles. The lowest BCUT2D eigenvalue weighted by molar-refractivity contribution is -0.146. The quantitative estimate of drug-likeness (QED) is 0.128. The molecule has 2 aliphatic heterocycles. The highest BCUT2D eigenvalue weighted by Crippen LogP contribution is 2.59. The lowest BCUT2D eigenvalue weighted by Crippen LogP contribution is -2.50. The number of rotatable bonds is 10. The second kappa shape index (κ2) is 22.0. The van der Waals surface area contributed by atoms with Gasteiger partial charge in [-0.25, -0.2) is 9.80 Å². The fourth-order valence-corrected chi connectivity index (χ4v) is 17.5. The third-order valence-corrected chi connectivity index (χ3v) is 22.0. The van der Waals surface area contributed by atoms with Crippen LogP contribution in [0, 0.1) is 23.7 Å². The van der Waals surface area contributed by atoms with Gasteiger partial charge in [-0.05, 0) is 184 Å². The molecule has 3 fully saturated rings. The van der Waals surface area contributed by atoms with E-state index in [1.165, 1.54) is 9.80 Å². The van der Waals surface area contributed by atoms with Crippen molar-refractivity contribution in [1.29, 1.82) is 0 Å². The second-order valence-corrected chi connectivity index (χ2v) is 27.3. The molecule has 10 heteroatoms. The number of imide groups is 2. The van der Waals surface area contributed by atoms with Crippen molar-refractivity contribution in [3.05, 3.63) is 328 Å². The summed E-state index contributed by atoms with van der Waals surface area (Å²) in [5.41, 5.74) is 19.8. The van der Waals surface area contributed by atoms with Crippen LogP contribution in [0.3, 0.4) is 0 Å². The van der Waals surface area contributed by atoms with Gasteiger partial charge in [0.1, 0.15) is 0 Å². The molecule has 4 atom stereocenters. The van der Waals surface area contributed by atoms with Crippen molar-refractivity contribution in [3.63, 3.8) is 0 Å². The van der Waals surface area contributed by atoms with Crippen molar-refractivity contribution in [2.75, 3.05) is 9.80 Å².